The second-order valence-corrected chi connectivity index (χ2v) is 6.84. The lowest BCUT2D eigenvalue weighted by molar-refractivity contribution is -0.122. The zero-order valence-electron chi connectivity index (χ0n) is 16.1. The molecule has 0 aliphatic carbocycles. The molecule has 0 bridgehead atoms. The van der Waals surface area contributed by atoms with Gasteiger partial charge in [0.2, 0.25) is 11.8 Å². The number of nitrogens with one attached hydrogen (secondary N) is 1. The van der Waals surface area contributed by atoms with Crippen LogP contribution in [0.5, 0.6) is 5.75 Å². The molecular formula is C21H23N3O4. The molecule has 1 unspecified atom stereocenters. The van der Waals surface area contributed by atoms with Gasteiger partial charge in [-0.1, -0.05) is 18.2 Å². The Morgan fingerprint density at radius 2 is 1.89 bits per heavy atom. The zero-order chi connectivity index (χ0) is 20.3. The summed E-state index contributed by atoms with van der Waals surface area (Å²) < 4.78 is 5.20. The first-order valence-electron chi connectivity index (χ1n) is 8.96. The van der Waals surface area contributed by atoms with Crippen molar-refractivity contribution >= 4 is 29.1 Å². The Hall–Kier alpha value is -3.35. The summed E-state index contributed by atoms with van der Waals surface area (Å²) in [6.45, 7) is 0.279. The average molecular weight is 381 g/mol. The van der Waals surface area contributed by atoms with Gasteiger partial charge in [0, 0.05) is 38.8 Å². The fourth-order valence-electron chi connectivity index (χ4n) is 3.17. The zero-order valence-corrected chi connectivity index (χ0v) is 16.1. The van der Waals surface area contributed by atoms with Gasteiger partial charge >= 0.3 is 0 Å². The molecule has 28 heavy (non-hydrogen) atoms. The minimum atomic E-state index is -0.499. The third kappa shape index (κ3) is 3.98. The van der Waals surface area contributed by atoms with Crippen molar-refractivity contribution < 1.29 is 19.1 Å². The lowest BCUT2D eigenvalue weighted by Crippen LogP contribution is -2.29. The number of hydrogen-bond acceptors (Lipinski definition) is 4. The quantitative estimate of drug-likeness (QED) is 0.863. The summed E-state index contributed by atoms with van der Waals surface area (Å²) in [6.07, 6.45) is 0.118. The molecule has 1 N–H and O–H groups in total. The summed E-state index contributed by atoms with van der Waals surface area (Å²) in [4.78, 5) is 40.6. The van der Waals surface area contributed by atoms with Gasteiger partial charge in [0.1, 0.15) is 5.75 Å². The normalized spacial score (nSPS) is 16.0. The average Bonchev–Trinajstić information content (AvgIpc) is 3.09. The number of ether oxygens (including phenoxy) is 1. The van der Waals surface area contributed by atoms with Crippen LogP contribution in [0.2, 0.25) is 0 Å². The predicted molar refractivity (Wildman–Crippen MR) is 107 cm³/mol. The Kier molecular flexibility index (Phi) is 5.63. The third-order valence-electron chi connectivity index (χ3n) is 4.68. The van der Waals surface area contributed by atoms with Gasteiger partial charge in [-0.3, -0.25) is 14.4 Å². The third-order valence-corrected chi connectivity index (χ3v) is 4.68. The largest absolute Gasteiger partial charge is 0.497 e. The van der Waals surface area contributed by atoms with Crippen molar-refractivity contribution in [1.29, 1.82) is 0 Å². The Bertz CT molecular complexity index is 910. The van der Waals surface area contributed by atoms with E-state index in [0.717, 1.165) is 0 Å². The van der Waals surface area contributed by atoms with Crippen LogP contribution < -0.4 is 15.0 Å². The topological polar surface area (TPSA) is 79.0 Å². The van der Waals surface area contributed by atoms with E-state index in [-0.39, 0.29) is 30.7 Å². The minimum absolute atomic E-state index is 0.118. The fourth-order valence-corrected chi connectivity index (χ4v) is 3.17. The van der Waals surface area contributed by atoms with E-state index in [0.29, 0.717) is 22.7 Å². The first-order valence-corrected chi connectivity index (χ1v) is 8.96. The van der Waals surface area contributed by atoms with Crippen LogP contribution >= 0.6 is 0 Å². The molecular weight excluding hydrogens is 358 g/mol. The second-order valence-electron chi connectivity index (χ2n) is 6.84. The van der Waals surface area contributed by atoms with Gasteiger partial charge in [-0.15, -0.1) is 0 Å². The van der Waals surface area contributed by atoms with E-state index in [1.165, 1.54) is 4.90 Å². The van der Waals surface area contributed by atoms with Crippen molar-refractivity contribution in [3.8, 4) is 5.75 Å². The minimum Gasteiger partial charge on any atom is -0.497 e. The van der Waals surface area contributed by atoms with Gasteiger partial charge in [0.15, 0.2) is 0 Å². The van der Waals surface area contributed by atoms with Gasteiger partial charge in [-0.05, 0) is 24.3 Å². The summed E-state index contributed by atoms with van der Waals surface area (Å²) in [6, 6.07) is 14.0. The number of methoxy groups -OCH3 is 1. The molecule has 3 rings (SSSR count). The molecule has 0 aromatic heterocycles. The number of carbonyl (C=O) groups excluding carboxylic acids is 3. The maximum absolute atomic E-state index is 12.8. The van der Waals surface area contributed by atoms with Crippen molar-refractivity contribution in [2.45, 2.75) is 6.42 Å². The van der Waals surface area contributed by atoms with Gasteiger partial charge in [-0.25, -0.2) is 0 Å². The van der Waals surface area contributed by atoms with Crippen LogP contribution in [0.3, 0.4) is 0 Å². The van der Waals surface area contributed by atoms with E-state index < -0.39 is 5.92 Å². The molecule has 2 aromatic rings. The van der Waals surface area contributed by atoms with Crippen LogP contribution in [0.25, 0.3) is 0 Å². The first-order chi connectivity index (χ1) is 13.4. The van der Waals surface area contributed by atoms with Crippen LogP contribution in [0.15, 0.2) is 48.5 Å². The van der Waals surface area contributed by atoms with Crippen LogP contribution in [0.4, 0.5) is 11.4 Å². The van der Waals surface area contributed by atoms with Gasteiger partial charge < -0.3 is 19.9 Å². The maximum Gasteiger partial charge on any atom is 0.255 e. The molecule has 1 fully saturated rings. The number of anilines is 2. The lowest BCUT2D eigenvalue weighted by Gasteiger charge is -2.18. The predicted octanol–water partition coefficient (Wildman–Crippen LogP) is 2.39. The van der Waals surface area contributed by atoms with Gasteiger partial charge in [-0.2, -0.15) is 0 Å². The standard InChI is InChI=1S/C21H23N3O4/c1-23(2)21(27)17-9-4-5-10-18(17)22-20(26)14-11-19(25)24(13-14)15-7-6-8-16(12-15)28-3/h4-10,12,14H,11,13H2,1-3H3,(H,22,26). The smallest absolute Gasteiger partial charge is 0.255 e. The molecule has 1 atom stereocenters. The molecule has 7 nitrogen and oxygen atoms in total. The lowest BCUT2D eigenvalue weighted by atomic mass is 10.1. The molecule has 1 heterocycles. The highest BCUT2D eigenvalue weighted by atomic mass is 16.5. The highest BCUT2D eigenvalue weighted by Gasteiger charge is 2.35. The summed E-state index contributed by atoms with van der Waals surface area (Å²) >= 11 is 0. The van der Waals surface area contributed by atoms with E-state index in [4.69, 9.17) is 4.74 Å². The summed E-state index contributed by atoms with van der Waals surface area (Å²) in [5, 5.41) is 2.81. The number of para-hydroxylation sites is 1. The van der Waals surface area contributed by atoms with E-state index in [1.54, 1.807) is 68.6 Å². The maximum atomic E-state index is 12.8. The molecule has 1 saturated heterocycles. The number of nitrogens with zero attached hydrogens (tertiary/aromatic N) is 2. The molecule has 1 aliphatic heterocycles. The summed E-state index contributed by atoms with van der Waals surface area (Å²) in [5.41, 5.74) is 1.55. The van der Waals surface area contributed by atoms with Crippen molar-refractivity contribution in [1.82, 2.24) is 4.90 Å². The van der Waals surface area contributed by atoms with Crippen molar-refractivity contribution in [2.75, 3.05) is 38.0 Å². The van der Waals surface area contributed by atoms with Crippen molar-refractivity contribution in [2.24, 2.45) is 5.92 Å². The molecule has 0 radical (unpaired) electrons. The molecule has 1 aliphatic rings. The highest BCUT2D eigenvalue weighted by Crippen LogP contribution is 2.29. The number of benzene rings is 2. The number of rotatable bonds is 5. The van der Waals surface area contributed by atoms with Crippen LogP contribution in [-0.2, 0) is 9.59 Å². The second kappa shape index (κ2) is 8.12. The van der Waals surface area contributed by atoms with Crippen molar-refractivity contribution in [3.63, 3.8) is 0 Å². The summed E-state index contributed by atoms with van der Waals surface area (Å²) in [7, 11) is 4.87. The number of carbonyl (C=O) groups is 3. The van der Waals surface area contributed by atoms with Gasteiger partial charge in [0.05, 0.1) is 24.3 Å². The van der Waals surface area contributed by atoms with Crippen LogP contribution in [0.1, 0.15) is 16.8 Å². The first kappa shape index (κ1) is 19.4. The Labute approximate surface area is 163 Å². The fraction of sp³-hybridized carbons (Fsp3) is 0.286. The van der Waals surface area contributed by atoms with Crippen molar-refractivity contribution in [3.05, 3.63) is 54.1 Å². The Morgan fingerprint density at radius 1 is 1.14 bits per heavy atom. The highest BCUT2D eigenvalue weighted by molar-refractivity contribution is 6.07. The van der Waals surface area contributed by atoms with Crippen LogP contribution in [-0.4, -0.2) is 50.4 Å². The van der Waals surface area contributed by atoms with E-state index >= 15 is 0 Å². The molecule has 7 heteroatoms. The molecule has 3 amide bonds. The van der Waals surface area contributed by atoms with E-state index in [1.807, 2.05) is 6.07 Å². The van der Waals surface area contributed by atoms with E-state index in [9.17, 15) is 14.4 Å². The molecule has 0 saturated carbocycles. The Balaban J connectivity index is 1.75. The number of amides is 3. The van der Waals surface area contributed by atoms with E-state index in [2.05, 4.69) is 5.32 Å². The molecule has 146 valence electrons. The monoisotopic (exact) mass is 381 g/mol. The molecule has 2 aromatic carbocycles. The number of hydrogen-bond donors (Lipinski definition) is 1. The SMILES string of the molecule is COc1cccc(N2CC(C(=O)Nc3ccccc3C(=O)N(C)C)CC2=O)c1. The Morgan fingerprint density at radius 3 is 2.61 bits per heavy atom. The van der Waals surface area contributed by atoms with Crippen LogP contribution in [0, 0.1) is 5.92 Å². The molecule has 0 spiro atoms. The summed E-state index contributed by atoms with van der Waals surface area (Å²) in [5.74, 6) is -0.448. The van der Waals surface area contributed by atoms with Gasteiger partial charge in [0.25, 0.3) is 5.91 Å².